The zero-order valence-electron chi connectivity index (χ0n) is 13.8. The van der Waals surface area contributed by atoms with Crippen molar-refractivity contribution in [3.63, 3.8) is 0 Å². The van der Waals surface area contributed by atoms with Gasteiger partial charge in [-0.3, -0.25) is 14.6 Å². The number of rotatable bonds is 2. The molecule has 2 heterocycles. The maximum absolute atomic E-state index is 12.5. The van der Waals surface area contributed by atoms with Crippen molar-refractivity contribution in [1.82, 2.24) is 15.2 Å². The summed E-state index contributed by atoms with van der Waals surface area (Å²) in [5.74, 6) is 0.398. The summed E-state index contributed by atoms with van der Waals surface area (Å²) in [4.78, 5) is 30.7. The van der Waals surface area contributed by atoms with Gasteiger partial charge in [0.05, 0.1) is 0 Å². The molecular weight excluding hydrogens is 278 g/mol. The first-order chi connectivity index (χ1) is 10.3. The minimum Gasteiger partial charge on any atom is -0.347 e. The number of aromatic nitrogens is 1. The lowest BCUT2D eigenvalue weighted by Gasteiger charge is -2.30. The fourth-order valence-corrected chi connectivity index (χ4v) is 2.48. The Bertz CT molecular complexity index is 555. The Labute approximate surface area is 132 Å². The number of carbonyl (C=O) groups excluding carboxylic acids is 2. The molecule has 1 N–H and O–H groups in total. The lowest BCUT2D eigenvalue weighted by atomic mass is 9.99. The Morgan fingerprint density at radius 3 is 2.50 bits per heavy atom. The fourth-order valence-electron chi connectivity index (χ4n) is 2.48. The summed E-state index contributed by atoms with van der Waals surface area (Å²) in [5, 5.41) is 2.90. The van der Waals surface area contributed by atoms with Gasteiger partial charge in [-0.1, -0.05) is 6.92 Å². The van der Waals surface area contributed by atoms with Crippen LogP contribution in [-0.2, 0) is 0 Å². The van der Waals surface area contributed by atoms with Crippen LogP contribution in [0.3, 0.4) is 0 Å². The van der Waals surface area contributed by atoms with Gasteiger partial charge in [0.2, 0.25) is 0 Å². The topological polar surface area (TPSA) is 62.3 Å². The number of piperidine rings is 1. The van der Waals surface area contributed by atoms with Gasteiger partial charge in [-0.15, -0.1) is 0 Å². The van der Waals surface area contributed by atoms with E-state index in [1.165, 1.54) is 6.20 Å². The quantitative estimate of drug-likeness (QED) is 0.913. The molecule has 0 radical (unpaired) electrons. The molecule has 5 heteroatoms. The number of nitrogens with one attached hydrogen (secondary N) is 1. The molecule has 22 heavy (non-hydrogen) atoms. The smallest absolute Gasteiger partial charge is 0.272 e. The SMILES string of the molecule is CC1CCN(C(=O)c2cc(C(=O)NC(C)(C)C)ccn2)CC1. The van der Waals surface area contributed by atoms with Crippen LogP contribution < -0.4 is 5.32 Å². The molecule has 1 aliphatic heterocycles. The van der Waals surface area contributed by atoms with Gasteiger partial charge in [0.1, 0.15) is 5.69 Å². The third kappa shape index (κ3) is 4.29. The average Bonchev–Trinajstić information content (AvgIpc) is 2.46. The lowest BCUT2D eigenvalue weighted by molar-refractivity contribution is 0.0691. The first-order valence-electron chi connectivity index (χ1n) is 7.84. The second kappa shape index (κ2) is 6.46. The molecule has 1 aromatic heterocycles. The molecule has 1 aliphatic rings. The summed E-state index contributed by atoms with van der Waals surface area (Å²) in [7, 11) is 0. The van der Waals surface area contributed by atoms with Crippen molar-refractivity contribution in [2.75, 3.05) is 13.1 Å². The van der Waals surface area contributed by atoms with Crippen LogP contribution >= 0.6 is 0 Å². The molecule has 1 aromatic rings. The second-order valence-corrected chi connectivity index (χ2v) is 7.11. The van der Waals surface area contributed by atoms with Gasteiger partial charge in [0.15, 0.2) is 0 Å². The first-order valence-corrected chi connectivity index (χ1v) is 7.84. The molecule has 2 rings (SSSR count). The Hall–Kier alpha value is -1.91. The monoisotopic (exact) mass is 303 g/mol. The highest BCUT2D eigenvalue weighted by Crippen LogP contribution is 2.18. The van der Waals surface area contributed by atoms with Gasteiger partial charge in [-0.25, -0.2) is 0 Å². The molecule has 0 saturated carbocycles. The van der Waals surface area contributed by atoms with Crippen molar-refractivity contribution >= 4 is 11.8 Å². The van der Waals surface area contributed by atoms with E-state index >= 15 is 0 Å². The predicted octanol–water partition coefficient (Wildman–Crippen LogP) is 2.48. The van der Waals surface area contributed by atoms with Crippen LogP contribution in [-0.4, -0.2) is 40.3 Å². The van der Waals surface area contributed by atoms with Gasteiger partial charge in [0, 0.05) is 30.4 Å². The molecule has 0 aliphatic carbocycles. The zero-order chi connectivity index (χ0) is 16.3. The molecule has 0 bridgehead atoms. The number of carbonyl (C=O) groups is 2. The number of hydrogen-bond donors (Lipinski definition) is 1. The van der Waals surface area contributed by atoms with E-state index in [0.717, 1.165) is 25.9 Å². The molecule has 0 aromatic carbocycles. The third-order valence-electron chi connectivity index (χ3n) is 3.80. The number of pyridine rings is 1. The van der Waals surface area contributed by atoms with Crippen LogP contribution in [0.1, 0.15) is 61.4 Å². The Kier molecular flexibility index (Phi) is 4.84. The van der Waals surface area contributed by atoms with E-state index in [1.54, 1.807) is 12.1 Å². The Balaban J connectivity index is 2.11. The van der Waals surface area contributed by atoms with Gasteiger partial charge in [-0.05, 0) is 51.7 Å². The van der Waals surface area contributed by atoms with Gasteiger partial charge in [-0.2, -0.15) is 0 Å². The zero-order valence-corrected chi connectivity index (χ0v) is 13.8. The van der Waals surface area contributed by atoms with Crippen molar-refractivity contribution in [2.24, 2.45) is 5.92 Å². The van der Waals surface area contributed by atoms with Crippen molar-refractivity contribution in [2.45, 2.75) is 46.1 Å². The molecule has 0 unspecified atom stereocenters. The minimum absolute atomic E-state index is 0.0858. The van der Waals surface area contributed by atoms with Gasteiger partial charge >= 0.3 is 0 Å². The summed E-state index contributed by atoms with van der Waals surface area (Å²) in [5.41, 5.74) is 0.503. The molecule has 5 nitrogen and oxygen atoms in total. The van der Waals surface area contributed by atoms with Gasteiger partial charge in [0.25, 0.3) is 11.8 Å². The van der Waals surface area contributed by atoms with Crippen LogP contribution in [0.4, 0.5) is 0 Å². The van der Waals surface area contributed by atoms with Crippen LogP contribution in [0, 0.1) is 5.92 Å². The Morgan fingerprint density at radius 2 is 1.91 bits per heavy atom. The van der Waals surface area contributed by atoms with E-state index in [0.29, 0.717) is 17.2 Å². The number of likely N-dealkylation sites (tertiary alicyclic amines) is 1. The molecule has 0 spiro atoms. The summed E-state index contributed by atoms with van der Waals surface area (Å²) in [6, 6.07) is 3.22. The summed E-state index contributed by atoms with van der Waals surface area (Å²) < 4.78 is 0. The Morgan fingerprint density at radius 1 is 1.27 bits per heavy atom. The molecule has 1 saturated heterocycles. The van der Waals surface area contributed by atoms with Crippen molar-refractivity contribution in [3.8, 4) is 0 Å². The highest BCUT2D eigenvalue weighted by Gasteiger charge is 2.23. The van der Waals surface area contributed by atoms with Crippen molar-refractivity contribution in [1.29, 1.82) is 0 Å². The second-order valence-electron chi connectivity index (χ2n) is 7.11. The molecule has 120 valence electrons. The highest BCUT2D eigenvalue weighted by atomic mass is 16.2. The van der Waals surface area contributed by atoms with E-state index in [-0.39, 0.29) is 17.4 Å². The average molecular weight is 303 g/mol. The number of nitrogens with zero attached hydrogens (tertiary/aromatic N) is 2. The molecular formula is C17H25N3O2. The van der Waals surface area contributed by atoms with Gasteiger partial charge < -0.3 is 10.2 Å². The maximum Gasteiger partial charge on any atom is 0.272 e. The normalized spacial score (nSPS) is 16.5. The molecule has 1 fully saturated rings. The van der Waals surface area contributed by atoms with E-state index in [2.05, 4.69) is 17.2 Å². The van der Waals surface area contributed by atoms with E-state index in [4.69, 9.17) is 0 Å². The third-order valence-corrected chi connectivity index (χ3v) is 3.80. The molecule has 2 amide bonds. The standard InChI is InChI=1S/C17H25N3O2/c1-12-6-9-20(10-7-12)16(22)14-11-13(5-8-18-14)15(21)19-17(2,3)4/h5,8,11-12H,6-7,9-10H2,1-4H3,(H,19,21). The van der Waals surface area contributed by atoms with Crippen LogP contribution in [0.15, 0.2) is 18.3 Å². The van der Waals surface area contributed by atoms with E-state index < -0.39 is 0 Å². The van der Waals surface area contributed by atoms with Crippen LogP contribution in [0.2, 0.25) is 0 Å². The van der Waals surface area contributed by atoms with E-state index in [1.807, 2.05) is 25.7 Å². The first kappa shape index (κ1) is 16.5. The summed E-state index contributed by atoms with van der Waals surface area (Å²) >= 11 is 0. The predicted molar refractivity (Wildman–Crippen MR) is 85.8 cm³/mol. The minimum atomic E-state index is -0.312. The maximum atomic E-state index is 12.5. The molecule has 0 atom stereocenters. The van der Waals surface area contributed by atoms with E-state index in [9.17, 15) is 9.59 Å². The number of amides is 2. The summed E-state index contributed by atoms with van der Waals surface area (Å²) in [6.45, 7) is 9.50. The number of hydrogen-bond acceptors (Lipinski definition) is 3. The largest absolute Gasteiger partial charge is 0.347 e. The lowest BCUT2D eigenvalue weighted by Crippen LogP contribution is -2.41. The van der Waals surface area contributed by atoms with Crippen LogP contribution in [0.25, 0.3) is 0 Å². The van der Waals surface area contributed by atoms with Crippen molar-refractivity contribution in [3.05, 3.63) is 29.6 Å². The van der Waals surface area contributed by atoms with Crippen LogP contribution in [0.5, 0.6) is 0 Å². The fraction of sp³-hybridized carbons (Fsp3) is 0.588. The highest BCUT2D eigenvalue weighted by molar-refractivity contribution is 5.98. The van der Waals surface area contributed by atoms with Crippen molar-refractivity contribution < 1.29 is 9.59 Å². The summed E-state index contributed by atoms with van der Waals surface area (Å²) in [6.07, 6.45) is 3.57.